The molecule has 3 rings (SSSR count). The SMILES string of the molecule is Fc1ccc2[nH]cc(-c3ccccc3Cl)c2c1. The molecule has 0 fully saturated rings. The number of rotatable bonds is 1. The molecule has 0 radical (unpaired) electrons. The Morgan fingerprint density at radius 1 is 1.00 bits per heavy atom. The molecule has 0 aliphatic heterocycles. The molecule has 0 unspecified atom stereocenters. The van der Waals surface area contributed by atoms with E-state index < -0.39 is 0 Å². The van der Waals surface area contributed by atoms with Gasteiger partial charge >= 0.3 is 0 Å². The van der Waals surface area contributed by atoms with Crippen molar-refractivity contribution in [2.45, 2.75) is 0 Å². The van der Waals surface area contributed by atoms with Crippen LogP contribution in [0.1, 0.15) is 0 Å². The summed E-state index contributed by atoms with van der Waals surface area (Å²) in [5.41, 5.74) is 2.73. The molecule has 1 N–H and O–H groups in total. The van der Waals surface area contributed by atoms with Crippen molar-refractivity contribution in [2.75, 3.05) is 0 Å². The number of H-pyrrole nitrogens is 1. The van der Waals surface area contributed by atoms with E-state index in [2.05, 4.69) is 4.98 Å². The molecule has 3 heteroatoms. The third kappa shape index (κ3) is 1.71. The summed E-state index contributed by atoms with van der Waals surface area (Å²) in [6, 6.07) is 12.2. The van der Waals surface area contributed by atoms with Gasteiger partial charge in [0.2, 0.25) is 0 Å². The van der Waals surface area contributed by atoms with Crippen LogP contribution in [0.15, 0.2) is 48.7 Å². The molecule has 17 heavy (non-hydrogen) atoms. The zero-order valence-electron chi connectivity index (χ0n) is 8.87. The van der Waals surface area contributed by atoms with E-state index in [9.17, 15) is 4.39 Å². The fourth-order valence-electron chi connectivity index (χ4n) is 2.00. The maximum atomic E-state index is 13.3. The second-order valence-electron chi connectivity index (χ2n) is 3.87. The first-order valence-electron chi connectivity index (χ1n) is 5.27. The van der Waals surface area contributed by atoms with Crippen molar-refractivity contribution in [3.05, 3.63) is 59.5 Å². The van der Waals surface area contributed by atoms with Gasteiger partial charge in [0.15, 0.2) is 0 Å². The number of nitrogens with one attached hydrogen (secondary N) is 1. The predicted octanol–water partition coefficient (Wildman–Crippen LogP) is 4.63. The summed E-state index contributed by atoms with van der Waals surface area (Å²) in [7, 11) is 0. The standard InChI is InChI=1S/C14H9ClFN/c15-13-4-2-1-3-10(13)12-8-17-14-6-5-9(16)7-11(12)14/h1-8,17H. The lowest BCUT2D eigenvalue weighted by atomic mass is 10.0. The van der Waals surface area contributed by atoms with Crippen LogP contribution in [0.4, 0.5) is 4.39 Å². The van der Waals surface area contributed by atoms with E-state index in [1.54, 1.807) is 6.07 Å². The molecule has 0 saturated heterocycles. The number of aromatic nitrogens is 1. The van der Waals surface area contributed by atoms with Gasteiger partial charge in [-0.2, -0.15) is 0 Å². The van der Waals surface area contributed by atoms with Gasteiger partial charge in [0, 0.05) is 33.2 Å². The number of halogens is 2. The highest BCUT2D eigenvalue weighted by Crippen LogP contribution is 2.33. The predicted molar refractivity (Wildman–Crippen MR) is 68.7 cm³/mol. The molecule has 0 amide bonds. The maximum Gasteiger partial charge on any atom is 0.123 e. The molecule has 0 atom stereocenters. The summed E-state index contributed by atoms with van der Waals surface area (Å²) in [6.07, 6.45) is 1.85. The lowest BCUT2D eigenvalue weighted by Gasteiger charge is -2.02. The molecule has 0 aliphatic carbocycles. The highest BCUT2D eigenvalue weighted by Gasteiger charge is 2.09. The van der Waals surface area contributed by atoms with Gasteiger partial charge in [-0.1, -0.05) is 29.8 Å². The zero-order valence-corrected chi connectivity index (χ0v) is 9.63. The van der Waals surface area contributed by atoms with Crippen molar-refractivity contribution in [2.24, 2.45) is 0 Å². The first-order valence-corrected chi connectivity index (χ1v) is 5.65. The maximum absolute atomic E-state index is 13.3. The molecule has 1 nitrogen and oxygen atoms in total. The van der Waals surface area contributed by atoms with Gasteiger partial charge in [0.05, 0.1) is 0 Å². The topological polar surface area (TPSA) is 15.8 Å². The largest absolute Gasteiger partial charge is 0.361 e. The molecule has 1 aromatic heterocycles. The van der Waals surface area contributed by atoms with Crippen LogP contribution >= 0.6 is 11.6 Å². The summed E-state index contributed by atoms with van der Waals surface area (Å²) in [6.45, 7) is 0. The van der Waals surface area contributed by atoms with Gasteiger partial charge in [0.1, 0.15) is 5.82 Å². The van der Waals surface area contributed by atoms with Crippen LogP contribution in [0.2, 0.25) is 5.02 Å². The monoisotopic (exact) mass is 245 g/mol. The molecular formula is C14H9ClFN. The van der Waals surface area contributed by atoms with E-state index in [1.165, 1.54) is 12.1 Å². The van der Waals surface area contributed by atoms with E-state index in [0.29, 0.717) is 5.02 Å². The third-order valence-electron chi connectivity index (χ3n) is 2.81. The van der Waals surface area contributed by atoms with Crippen molar-refractivity contribution < 1.29 is 4.39 Å². The molecule has 0 aliphatic rings. The second-order valence-corrected chi connectivity index (χ2v) is 4.28. The van der Waals surface area contributed by atoms with Crippen LogP contribution in [0.25, 0.3) is 22.0 Å². The molecular weight excluding hydrogens is 237 g/mol. The van der Waals surface area contributed by atoms with E-state index in [1.807, 2.05) is 30.5 Å². The average Bonchev–Trinajstić information content (AvgIpc) is 2.72. The molecule has 2 aromatic carbocycles. The van der Waals surface area contributed by atoms with E-state index in [-0.39, 0.29) is 5.82 Å². The Morgan fingerprint density at radius 3 is 2.65 bits per heavy atom. The highest BCUT2D eigenvalue weighted by atomic mass is 35.5. The van der Waals surface area contributed by atoms with Crippen molar-refractivity contribution >= 4 is 22.5 Å². The number of fused-ring (bicyclic) bond motifs is 1. The van der Waals surface area contributed by atoms with Gasteiger partial charge in [-0.15, -0.1) is 0 Å². The van der Waals surface area contributed by atoms with E-state index in [4.69, 9.17) is 11.6 Å². The Labute approximate surface area is 103 Å². The summed E-state index contributed by atoms with van der Waals surface area (Å²) < 4.78 is 13.3. The van der Waals surface area contributed by atoms with Crippen LogP contribution in [0.5, 0.6) is 0 Å². The van der Waals surface area contributed by atoms with Gasteiger partial charge in [-0.25, -0.2) is 4.39 Å². The quantitative estimate of drug-likeness (QED) is 0.644. The van der Waals surface area contributed by atoms with Crippen LogP contribution in [0, 0.1) is 5.82 Å². The fraction of sp³-hybridized carbons (Fsp3) is 0. The van der Waals surface area contributed by atoms with Crippen molar-refractivity contribution in [1.29, 1.82) is 0 Å². The van der Waals surface area contributed by atoms with Crippen molar-refractivity contribution in [3.8, 4) is 11.1 Å². The minimum absolute atomic E-state index is 0.245. The van der Waals surface area contributed by atoms with Crippen molar-refractivity contribution in [1.82, 2.24) is 4.98 Å². The van der Waals surface area contributed by atoms with E-state index in [0.717, 1.165) is 22.0 Å². The van der Waals surface area contributed by atoms with Crippen LogP contribution in [0.3, 0.4) is 0 Å². The van der Waals surface area contributed by atoms with Gasteiger partial charge in [-0.05, 0) is 24.3 Å². The molecule has 0 bridgehead atoms. The average molecular weight is 246 g/mol. The lowest BCUT2D eigenvalue weighted by Crippen LogP contribution is -1.78. The van der Waals surface area contributed by atoms with Crippen LogP contribution < -0.4 is 0 Å². The Hall–Kier alpha value is -1.80. The normalized spacial score (nSPS) is 10.9. The minimum Gasteiger partial charge on any atom is -0.361 e. The number of hydrogen-bond donors (Lipinski definition) is 1. The Balaban J connectivity index is 2.31. The van der Waals surface area contributed by atoms with Gasteiger partial charge in [-0.3, -0.25) is 0 Å². The third-order valence-corrected chi connectivity index (χ3v) is 3.14. The van der Waals surface area contributed by atoms with E-state index >= 15 is 0 Å². The first kappa shape index (κ1) is 10.4. The minimum atomic E-state index is -0.245. The van der Waals surface area contributed by atoms with Crippen LogP contribution in [-0.2, 0) is 0 Å². The smallest absolute Gasteiger partial charge is 0.123 e. The summed E-state index contributed by atoms with van der Waals surface area (Å²) in [5.74, 6) is -0.245. The van der Waals surface area contributed by atoms with Gasteiger partial charge in [0.25, 0.3) is 0 Å². The molecule has 3 aromatic rings. The second kappa shape index (κ2) is 3.90. The molecule has 1 heterocycles. The first-order chi connectivity index (χ1) is 8.25. The molecule has 84 valence electrons. The number of aromatic amines is 1. The lowest BCUT2D eigenvalue weighted by molar-refractivity contribution is 0.630. The molecule has 0 saturated carbocycles. The van der Waals surface area contributed by atoms with Crippen LogP contribution in [-0.4, -0.2) is 4.98 Å². The summed E-state index contributed by atoms with van der Waals surface area (Å²) in [4.78, 5) is 3.12. The van der Waals surface area contributed by atoms with Crippen molar-refractivity contribution in [3.63, 3.8) is 0 Å². The fourth-order valence-corrected chi connectivity index (χ4v) is 2.23. The summed E-state index contributed by atoms with van der Waals surface area (Å²) >= 11 is 6.15. The Bertz CT molecular complexity index is 688. The zero-order chi connectivity index (χ0) is 11.8. The Kier molecular flexibility index (Phi) is 2.37. The summed E-state index contributed by atoms with van der Waals surface area (Å²) in [5, 5.41) is 1.51. The number of benzene rings is 2. The Morgan fingerprint density at radius 2 is 1.82 bits per heavy atom. The highest BCUT2D eigenvalue weighted by molar-refractivity contribution is 6.33. The number of hydrogen-bond acceptors (Lipinski definition) is 0. The molecule has 0 spiro atoms. The van der Waals surface area contributed by atoms with Gasteiger partial charge < -0.3 is 4.98 Å².